The molecule has 1 aromatic carbocycles. The Hall–Kier alpha value is -1.49. The quantitative estimate of drug-likeness (QED) is 0.415. The van der Waals surface area contributed by atoms with E-state index < -0.39 is 11.2 Å². The number of alkyl halides is 1. The maximum atomic E-state index is 12.4. The van der Waals surface area contributed by atoms with Crippen molar-refractivity contribution < 1.29 is 9.31 Å². The molecule has 0 aliphatic heterocycles. The van der Waals surface area contributed by atoms with Gasteiger partial charge in [0.05, 0.1) is 4.92 Å². The molecule has 0 saturated carbocycles. The van der Waals surface area contributed by atoms with Gasteiger partial charge in [0.2, 0.25) is 0 Å². The Morgan fingerprint density at radius 1 is 1.58 bits per heavy atom. The Morgan fingerprint density at radius 2 is 2.25 bits per heavy atom. The van der Waals surface area contributed by atoms with Crippen LogP contribution in [0.15, 0.2) is 24.3 Å². The third-order valence-corrected chi connectivity index (χ3v) is 1.40. The van der Waals surface area contributed by atoms with Crippen molar-refractivity contribution in [3.05, 3.63) is 39.9 Å². The van der Waals surface area contributed by atoms with Gasteiger partial charge in [-0.15, -0.1) is 0 Å². The van der Waals surface area contributed by atoms with Gasteiger partial charge in [0, 0.05) is 17.7 Å². The molecule has 1 unspecified atom stereocenters. The van der Waals surface area contributed by atoms with Gasteiger partial charge in [0.1, 0.15) is 0 Å². The molecule has 0 saturated heterocycles. The lowest BCUT2D eigenvalue weighted by molar-refractivity contribution is -0.385. The first kappa shape index (κ1) is 8.61. The molecule has 0 heterocycles. The number of hydrogen-bond donors (Lipinski definition) is 1. The zero-order chi connectivity index (χ0) is 9.14. The zero-order valence-electron chi connectivity index (χ0n) is 6.11. The molecule has 64 valence electrons. The molecule has 0 spiro atoms. The Kier molecular flexibility index (Phi) is 2.35. The number of nitrogens with two attached hydrogens (primary N) is 1. The van der Waals surface area contributed by atoms with Crippen LogP contribution in [0.1, 0.15) is 11.9 Å². The van der Waals surface area contributed by atoms with Crippen LogP contribution in [0.3, 0.4) is 0 Å². The second kappa shape index (κ2) is 3.27. The van der Waals surface area contributed by atoms with Gasteiger partial charge >= 0.3 is 0 Å². The number of nitro groups is 1. The largest absolute Gasteiger partial charge is 0.298 e. The van der Waals surface area contributed by atoms with Crippen molar-refractivity contribution >= 4 is 5.69 Å². The molecule has 0 bridgehead atoms. The summed E-state index contributed by atoms with van der Waals surface area (Å²) in [7, 11) is 0. The molecule has 0 amide bonds. The Bertz CT molecular complexity index is 301. The summed E-state index contributed by atoms with van der Waals surface area (Å²) >= 11 is 0. The third-order valence-electron chi connectivity index (χ3n) is 1.40. The van der Waals surface area contributed by atoms with Crippen LogP contribution < -0.4 is 5.73 Å². The van der Waals surface area contributed by atoms with Crippen LogP contribution >= 0.6 is 0 Å². The minimum atomic E-state index is -1.66. The van der Waals surface area contributed by atoms with Crippen molar-refractivity contribution in [1.82, 2.24) is 0 Å². The first-order chi connectivity index (χ1) is 5.61. The lowest BCUT2D eigenvalue weighted by Crippen LogP contribution is -2.03. The monoisotopic (exact) mass is 170 g/mol. The van der Waals surface area contributed by atoms with Crippen molar-refractivity contribution in [2.45, 2.75) is 6.30 Å². The van der Waals surface area contributed by atoms with Gasteiger partial charge in [-0.1, -0.05) is 12.1 Å². The number of non-ortho nitro benzene ring substituents is 1. The molecule has 2 N–H and O–H groups in total. The van der Waals surface area contributed by atoms with Crippen molar-refractivity contribution in [2.24, 2.45) is 5.73 Å². The van der Waals surface area contributed by atoms with E-state index in [1.165, 1.54) is 18.2 Å². The second-order valence-electron chi connectivity index (χ2n) is 2.25. The number of nitrogens with zero attached hydrogens (tertiary/aromatic N) is 1. The number of benzene rings is 1. The number of rotatable bonds is 2. The van der Waals surface area contributed by atoms with Gasteiger partial charge in [-0.05, 0) is 0 Å². The summed E-state index contributed by atoms with van der Waals surface area (Å²) < 4.78 is 12.4. The average Bonchev–Trinajstić information content (AvgIpc) is 2.04. The van der Waals surface area contributed by atoms with Gasteiger partial charge in [-0.2, -0.15) is 0 Å². The summed E-state index contributed by atoms with van der Waals surface area (Å²) in [5.41, 5.74) is 4.86. The van der Waals surface area contributed by atoms with Crippen LogP contribution in [-0.4, -0.2) is 4.92 Å². The minimum absolute atomic E-state index is 0.115. The van der Waals surface area contributed by atoms with Crippen LogP contribution in [0.4, 0.5) is 10.1 Å². The lowest BCUT2D eigenvalue weighted by atomic mass is 10.2. The Morgan fingerprint density at radius 3 is 2.75 bits per heavy atom. The van der Waals surface area contributed by atoms with Crippen molar-refractivity contribution in [1.29, 1.82) is 0 Å². The molecule has 1 atom stereocenters. The summed E-state index contributed by atoms with van der Waals surface area (Å²) in [5.74, 6) is 0. The van der Waals surface area contributed by atoms with Gasteiger partial charge in [-0.25, -0.2) is 4.39 Å². The first-order valence-electron chi connectivity index (χ1n) is 3.25. The number of hydrogen-bond acceptors (Lipinski definition) is 3. The van der Waals surface area contributed by atoms with Crippen molar-refractivity contribution in [3.8, 4) is 0 Å². The van der Waals surface area contributed by atoms with Gasteiger partial charge < -0.3 is 0 Å². The SMILES string of the molecule is NC(F)c1cccc([N+](=O)[O-])c1. The molecule has 0 radical (unpaired) electrons. The molecular formula is C7H7FN2O2. The fraction of sp³-hybridized carbons (Fsp3) is 0.143. The van der Waals surface area contributed by atoms with E-state index in [9.17, 15) is 14.5 Å². The predicted molar refractivity (Wildman–Crippen MR) is 41.1 cm³/mol. The van der Waals surface area contributed by atoms with Crippen LogP contribution in [0.2, 0.25) is 0 Å². The van der Waals surface area contributed by atoms with Gasteiger partial charge in [-0.3, -0.25) is 15.8 Å². The van der Waals surface area contributed by atoms with Crippen LogP contribution in [0.25, 0.3) is 0 Å². The molecule has 0 aliphatic rings. The lowest BCUT2D eigenvalue weighted by Gasteiger charge is -2.00. The topological polar surface area (TPSA) is 69.2 Å². The summed E-state index contributed by atoms with van der Waals surface area (Å²) in [6, 6.07) is 5.20. The highest BCUT2D eigenvalue weighted by atomic mass is 19.1. The predicted octanol–water partition coefficient (Wildman–Crippen LogP) is 1.52. The van der Waals surface area contributed by atoms with Crippen LogP contribution in [-0.2, 0) is 0 Å². The zero-order valence-corrected chi connectivity index (χ0v) is 6.11. The van der Waals surface area contributed by atoms with Crippen molar-refractivity contribution in [3.63, 3.8) is 0 Å². The van der Waals surface area contributed by atoms with E-state index in [1.54, 1.807) is 0 Å². The standard InChI is InChI=1S/C7H7FN2O2/c8-7(9)5-2-1-3-6(4-5)10(11)12/h1-4,7H,9H2. The number of nitro benzene ring substituents is 1. The van der Waals surface area contributed by atoms with E-state index in [0.29, 0.717) is 0 Å². The highest BCUT2D eigenvalue weighted by Gasteiger charge is 2.09. The van der Waals surface area contributed by atoms with E-state index in [4.69, 9.17) is 5.73 Å². The fourth-order valence-electron chi connectivity index (χ4n) is 0.810. The fourth-order valence-corrected chi connectivity index (χ4v) is 0.810. The van der Waals surface area contributed by atoms with E-state index in [0.717, 1.165) is 6.07 Å². The van der Waals surface area contributed by atoms with Crippen LogP contribution in [0, 0.1) is 10.1 Å². The maximum Gasteiger partial charge on any atom is 0.269 e. The molecule has 5 heteroatoms. The summed E-state index contributed by atoms with van der Waals surface area (Å²) in [4.78, 5) is 9.63. The van der Waals surface area contributed by atoms with Gasteiger partial charge in [0.15, 0.2) is 6.30 Å². The molecule has 4 nitrogen and oxygen atoms in total. The molecule has 1 rings (SSSR count). The van der Waals surface area contributed by atoms with E-state index in [-0.39, 0.29) is 11.3 Å². The average molecular weight is 170 g/mol. The highest BCUT2D eigenvalue weighted by Crippen LogP contribution is 2.17. The first-order valence-corrected chi connectivity index (χ1v) is 3.25. The Balaban J connectivity index is 3.04. The minimum Gasteiger partial charge on any atom is -0.298 e. The third kappa shape index (κ3) is 1.76. The normalized spacial score (nSPS) is 12.5. The molecular weight excluding hydrogens is 163 g/mol. The second-order valence-corrected chi connectivity index (χ2v) is 2.25. The molecule has 12 heavy (non-hydrogen) atoms. The van der Waals surface area contributed by atoms with E-state index in [2.05, 4.69) is 0 Å². The number of halogens is 1. The maximum absolute atomic E-state index is 12.4. The van der Waals surface area contributed by atoms with E-state index >= 15 is 0 Å². The van der Waals surface area contributed by atoms with Crippen molar-refractivity contribution in [2.75, 3.05) is 0 Å². The summed E-state index contributed by atoms with van der Waals surface area (Å²) in [6.07, 6.45) is -1.66. The molecule has 0 fully saturated rings. The summed E-state index contributed by atoms with van der Waals surface area (Å²) in [6.45, 7) is 0. The van der Waals surface area contributed by atoms with Gasteiger partial charge in [0.25, 0.3) is 5.69 Å². The van der Waals surface area contributed by atoms with Crippen LogP contribution in [0.5, 0.6) is 0 Å². The molecule has 0 aromatic heterocycles. The van der Waals surface area contributed by atoms with E-state index in [1.807, 2.05) is 0 Å². The molecule has 0 aliphatic carbocycles. The summed E-state index contributed by atoms with van der Waals surface area (Å²) in [5, 5.41) is 10.2. The smallest absolute Gasteiger partial charge is 0.269 e. The Labute approximate surface area is 68.0 Å². The molecule has 1 aromatic rings. The highest BCUT2D eigenvalue weighted by molar-refractivity contribution is 5.34.